The van der Waals surface area contributed by atoms with E-state index in [0.29, 0.717) is 31.4 Å². The maximum absolute atomic E-state index is 14.5. The summed E-state index contributed by atoms with van der Waals surface area (Å²) in [6.07, 6.45) is 17.4. The van der Waals surface area contributed by atoms with E-state index in [4.69, 9.17) is 9.47 Å². The molecule has 0 spiro atoms. The minimum Gasteiger partial charge on any atom is -0.496 e. The lowest BCUT2D eigenvalue weighted by molar-refractivity contribution is -0.164. The van der Waals surface area contributed by atoms with Crippen LogP contribution in [0.4, 0.5) is 0 Å². The third-order valence-electron chi connectivity index (χ3n) is 11.0. The van der Waals surface area contributed by atoms with Crippen molar-refractivity contribution in [3.63, 3.8) is 0 Å². The Balaban J connectivity index is 1.25. The number of esters is 1. The molecule has 47 heavy (non-hydrogen) atoms. The number of methoxy groups -OCH3 is 1. The molecule has 252 valence electrons. The van der Waals surface area contributed by atoms with Crippen molar-refractivity contribution in [1.82, 2.24) is 15.1 Å². The first-order chi connectivity index (χ1) is 22.9. The molecule has 7 nitrogen and oxygen atoms in total. The number of nitrogens with one attached hydrogen (secondary N) is 1. The van der Waals surface area contributed by atoms with E-state index >= 15 is 0 Å². The van der Waals surface area contributed by atoms with Crippen molar-refractivity contribution in [2.45, 2.75) is 122 Å². The maximum atomic E-state index is 14.5. The number of rotatable bonds is 13. The second-order valence-corrected chi connectivity index (χ2v) is 14.3. The van der Waals surface area contributed by atoms with Crippen LogP contribution in [0.5, 0.6) is 5.75 Å². The van der Waals surface area contributed by atoms with E-state index in [1.165, 1.54) is 24.0 Å². The molecule has 0 bridgehead atoms. The molecule has 1 atom stereocenters. The van der Waals surface area contributed by atoms with Gasteiger partial charge in [-0.05, 0) is 111 Å². The molecule has 7 heteroatoms. The number of hydrogen-bond acceptors (Lipinski definition) is 5. The van der Waals surface area contributed by atoms with Crippen LogP contribution >= 0.6 is 0 Å². The third-order valence-corrected chi connectivity index (χ3v) is 11.0. The smallest absolute Gasteiger partial charge is 0.321 e. The Morgan fingerprint density at radius 1 is 0.979 bits per heavy atom. The number of amides is 1. The van der Waals surface area contributed by atoms with Crippen molar-refractivity contribution in [2.75, 3.05) is 13.7 Å². The van der Waals surface area contributed by atoms with Crippen molar-refractivity contribution in [3.8, 4) is 16.9 Å². The van der Waals surface area contributed by atoms with Crippen LogP contribution < -0.4 is 10.1 Å². The van der Waals surface area contributed by atoms with Crippen LogP contribution in [0, 0.1) is 18.3 Å². The summed E-state index contributed by atoms with van der Waals surface area (Å²) < 4.78 is 13.4. The highest BCUT2D eigenvalue weighted by molar-refractivity contribution is 6.03. The molecule has 0 aliphatic heterocycles. The number of carbonyl (C=O) groups is 2. The van der Waals surface area contributed by atoms with Crippen molar-refractivity contribution in [1.29, 1.82) is 0 Å². The highest BCUT2D eigenvalue weighted by Crippen LogP contribution is 2.44. The molecule has 3 saturated carbocycles. The summed E-state index contributed by atoms with van der Waals surface area (Å²) in [5.74, 6) is 1.19. The fourth-order valence-corrected chi connectivity index (χ4v) is 7.97. The second kappa shape index (κ2) is 15.1. The number of aromatic nitrogens is 2. The first-order valence-electron chi connectivity index (χ1n) is 18.2. The number of ether oxygens (including phenoxy) is 2. The second-order valence-electron chi connectivity index (χ2n) is 14.3. The molecule has 1 heterocycles. The van der Waals surface area contributed by atoms with Crippen molar-refractivity contribution in [2.24, 2.45) is 11.3 Å². The molecule has 0 saturated heterocycles. The van der Waals surface area contributed by atoms with Gasteiger partial charge in [0.15, 0.2) is 0 Å². The van der Waals surface area contributed by atoms with Gasteiger partial charge in [-0.1, -0.05) is 69.4 Å². The monoisotopic (exact) mass is 639 g/mol. The van der Waals surface area contributed by atoms with Gasteiger partial charge in [0.2, 0.25) is 5.91 Å². The summed E-state index contributed by atoms with van der Waals surface area (Å²) in [7, 11) is 1.72. The number of nitrogens with zero attached hydrogens (tertiary/aromatic N) is 2. The third kappa shape index (κ3) is 7.60. The lowest BCUT2D eigenvalue weighted by atomic mass is 9.71. The molecule has 3 aliphatic rings. The predicted molar refractivity (Wildman–Crippen MR) is 185 cm³/mol. The van der Waals surface area contributed by atoms with Crippen LogP contribution in [0.25, 0.3) is 11.1 Å². The van der Waals surface area contributed by atoms with Crippen LogP contribution in [0.2, 0.25) is 0 Å². The molecule has 1 amide bonds. The predicted octanol–water partition coefficient (Wildman–Crippen LogP) is 9.02. The Kier molecular flexibility index (Phi) is 10.7. The Labute approximate surface area is 280 Å². The lowest BCUT2D eigenvalue weighted by Gasteiger charge is -2.39. The SMILES string of the molecule is CCCCCOC(=O)C1(C(=O)NC(c2cccc(-c3cnn(C4CC4)c3)c2)C2CCC(c3ccc(OC)c(C)c3)CC2)CCCCC1. The van der Waals surface area contributed by atoms with Crippen molar-refractivity contribution < 1.29 is 19.1 Å². The van der Waals surface area contributed by atoms with Gasteiger partial charge in [0.05, 0.1) is 32.0 Å². The van der Waals surface area contributed by atoms with E-state index in [9.17, 15) is 9.59 Å². The standard InChI is InChI=1S/C40H53N3O4/c1-4-5-9-23-47-39(45)40(21-7-6-8-22-40)38(44)42-37(30-15-13-29(14-16-30)32-17-20-36(46-3)28(2)24-32)33-12-10-11-31(25-33)34-26-41-43(27-34)35-18-19-35/h10-12,17,20,24-27,29-30,35,37H,4-9,13-16,18-19,21-23H2,1-3H3,(H,42,44). The Bertz CT molecular complexity index is 1510. The van der Waals surface area contributed by atoms with E-state index < -0.39 is 5.41 Å². The molecule has 1 N–H and O–H groups in total. The highest BCUT2D eigenvalue weighted by atomic mass is 16.5. The fraction of sp³-hybridized carbons (Fsp3) is 0.575. The van der Waals surface area contributed by atoms with Gasteiger partial charge in [-0.25, -0.2) is 0 Å². The Hall–Kier alpha value is -3.61. The summed E-state index contributed by atoms with van der Waals surface area (Å²) in [5.41, 5.74) is 4.73. The summed E-state index contributed by atoms with van der Waals surface area (Å²) in [4.78, 5) is 28.2. The molecule has 6 rings (SSSR count). The average molecular weight is 640 g/mol. The number of unbranched alkanes of at least 4 members (excludes halogenated alkanes) is 2. The van der Waals surface area contributed by atoms with Crippen LogP contribution in [-0.2, 0) is 14.3 Å². The topological polar surface area (TPSA) is 82.5 Å². The van der Waals surface area contributed by atoms with Crippen LogP contribution in [0.3, 0.4) is 0 Å². The van der Waals surface area contributed by atoms with Gasteiger partial charge in [0.25, 0.3) is 0 Å². The van der Waals surface area contributed by atoms with Crippen molar-refractivity contribution >= 4 is 11.9 Å². The number of hydrogen-bond donors (Lipinski definition) is 1. The zero-order valence-corrected chi connectivity index (χ0v) is 28.6. The number of benzene rings is 2. The average Bonchev–Trinajstić information content (AvgIpc) is 3.85. The summed E-state index contributed by atoms with van der Waals surface area (Å²) in [6.45, 7) is 4.63. The molecule has 1 aromatic heterocycles. The Morgan fingerprint density at radius 3 is 2.47 bits per heavy atom. The van der Waals surface area contributed by atoms with E-state index in [1.54, 1.807) is 7.11 Å². The largest absolute Gasteiger partial charge is 0.496 e. The zero-order chi connectivity index (χ0) is 32.8. The van der Waals surface area contributed by atoms with Gasteiger partial charge in [-0.3, -0.25) is 14.3 Å². The summed E-state index contributed by atoms with van der Waals surface area (Å²) in [5, 5.41) is 8.14. The van der Waals surface area contributed by atoms with Gasteiger partial charge < -0.3 is 14.8 Å². The first kappa shape index (κ1) is 33.3. The molecule has 3 fully saturated rings. The normalized spacial score (nSPS) is 21.5. The molecular weight excluding hydrogens is 586 g/mol. The van der Waals surface area contributed by atoms with Crippen LogP contribution in [-0.4, -0.2) is 35.4 Å². The number of aryl methyl sites for hydroxylation is 1. The molecule has 3 aromatic rings. The van der Waals surface area contributed by atoms with Gasteiger partial charge in [0.1, 0.15) is 11.2 Å². The molecule has 2 aromatic carbocycles. The maximum Gasteiger partial charge on any atom is 0.321 e. The summed E-state index contributed by atoms with van der Waals surface area (Å²) in [6, 6.07) is 15.5. The molecular formula is C40H53N3O4. The highest BCUT2D eigenvalue weighted by Gasteiger charge is 2.49. The van der Waals surface area contributed by atoms with E-state index in [0.717, 1.165) is 86.6 Å². The summed E-state index contributed by atoms with van der Waals surface area (Å²) >= 11 is 0. The molecule has 0 radical (unpaired) electrons. The fourth-order valence-electron chi connectivity index (χ4n) is 7.97. The number of carbonyl (C=O) groups excluding carboxylic acids is 2. The van der Waals surface area contributed by atoms with Crippen molar-refractivity contribution in [3.05, 3.63) is 71.5 Å². The quantitative estimate of drug-likeness (QED) is 0.115. The Morgan fingerprint density at radius 2 is 1.77 bits per heavy atom. The van der Waals surface area contributed by atoms with E-state index in [1.807, 2.05) is 6.20 Å². The molecule has 1 unspecified atom stereocenters. The van der Waals surface area contributed by atoms with Gasteiger partial charge in [0, 0.05) is 11.8 Å². The van der Waals surface area contributed by atoms with Gasteiger partial charge >= 0.3 is 5.97 Å². The van der Waals surface area contributed by atoms with Crippen LogP contribution in [0.15, 0.2) is 54.9 Å². The van der Waals surface area contributed by atoms with Crippen LogP contribution in [0.1, 0.15) is 132 Å². The molecule has 3 aliphatic carbocycles. The first-order valence-corrected chi connectivity index (χ1v) is 18.2. The lowest BCUT2D eigenvalue weighted by Crippen LogP contribution is -2.50. The van der Waals surface area contributed by atoms with E-state index in [-0.39, 0.29) is 23.8 Å². The van der Waals surface area contributed by atoms with Gasteiger partial charge in [-0.2, -0.15) is 5.10 Å². The zero-order valence-electron chi connectivity index (χ0n) is 28.6. The van der Waals surface area contributed by atoms with E-state index in [2.05, 4.69) is 77.6 Å². The minimum absolute atomic E-state index is 0.150. The minimum atomic E-state index is -1.11. The van der Waals surface area contributed by atoms with Gasteiger partial charge in [-0.15, -0.1) is 0 Å².